The fraction of sp³-hybridized carbons (Fsp3) is 0.308. The van der Waals surface area contributed by atoms with Crippen LogP contribution in [0.25, 0.3) is 0 Å². The van der Waals surface area contributed by atoms with Gasteiger partial charge in [0, 0.05) is 13.3 Å². The third kappa shape index (κ3) is 4.27. The van der Waals surface area contributed by atoms with Crippen LogP contribution < -0.4 is 10.1 Å². The lowest BCUT2D eigenvalue weighted by Gasteiger charge is -2.13. The third-order valence-electron chi connectivity index (χ3n) is 2.54. The smallest absolute Gasteiger partial charge is 0.303 e. The van der Waals surface area contributed by atoms with Gasteiger partial charge in [0.05, 0.1) is 0 Å². The molecule has 0 heterocycles. The van der Waals surface area contributed by atoms with Gasteiger partial charge in [-0.05, 0) is 24.5 Å². The first-order valence-corrected chi connectivity index (χ1v) is 5.90. The number of rotatable bonds is 7. The molecule has 0 atom stereocenters. The number of phenolic OH excluding ortho intramolecular Hbond substituents is 1. The van der Waals surface area contributed by atoms with Crippen molar-refractivity contribution in [3.8, 4) is 11.5 Å². The molecule has 3 N–H and O–H groups in total. The standard InChI is InChI=1S/C13H15NO6/c1-8(16)14-12-10(20-7-15)6-5-9(13(12)19)3-2-4-11(17)18/h5-7,19H,2-4H2,1H3,(H,14,16)(H,17,18). The van der Waals surface area contributed by atoms with E-state index in [0.29, 0.717) is 18.4 Å². The first-order valence-electron chi connectivity index (χ1n) is 5.90. The lowest BCUT2D eigenvalue weighted by atomic mass is 10.1. The number of carboxylic acids is 1. The zero-order chi connectivity index (χ0) is 15.1. The van der Waals surface area contributed by atoms with E-state index in [1.54, 1.807) is 0 Å². The minimum atomic E-state index is -0.924. The van der Waals surface area contributed by atoms with Crippen LogP contribution >= 0.6 is 0 Å². The number of ether oxygens (including phenoxy) is 1. The number of benzene rings is 1. The van der Waals surface area contributed by atoms with Crippen molar-refractivity contribution in [1.29, 1.82) is 0 Å². The molecule has 1 aromatic rings. The van der Waals surface area contributed by atoms with E-state index in [-0.39, 0.29) is 30.1 Å². The van der Waals surface area contributed by atoms with Gasteiger partial charge in [-0.2, -0.15) is 0 Å². The van der Waals surface area contributed by atoms with Gasteiger partial charge in [-0.3, -0.25) is 14.4 Å². The van der Waals surface area contributed by atoms with Crippen LogP contribution in [0.5, 0.6) is 11.5 Å². The Kier molecular flexibility index (Phi) is 5.52. The van der Waals surface area contributed by atoms with E-state index < -0.39 is 11.9 Å². The molecule has 0 spiro atoms. The van der Waals surface area contributed by atoms with Gasteiger partial charge in [0.25, 0.3) is 6.47 Å². The fourth-order valence-electron chi connectivity index (χ4n) is 1.69. The quantitative estimate of drug-likeness (QED) is 0.512. The van der Waals surface area contributed by atoms with Gasteiger partial charge >= 0.3 is 5.97 Å². The second kappa shape index (κ2) is 7.13. The maximum absolute atomic E-state index is 11.1. The molecule has 1 aromatic carbocycles. The molecule has 0 bridgehead atoms. The van der Waals surface area contributed by atoms with Crippen molar-refractivity contribution in [1.82, 2.24) is 0 Å². The molecule has 7 heteroatoms. The molecule has 1 rings (SSSR count). The second-order valence-corrected chi connectivity index (χ2v) is 4.09. The number of amides is 1. The number of aromatic hydroxyl groups is 1. The van der Waals surface area contributed by atoms with Crippen molar-refractivity contribution in [3.05, 3.63) is 17.7 Å². The molecule has 0 aliphatic heterocycles. The number of carbonyl (C=O) groups is 3. The average Bonchev–Trinajstić information content (AvgIpc) is 2.36. The summed E-state index contributed by atoms with van der Waals surface area (Å²) in [6.45, 7) is 1.44. The Morgan fingerprint density at radius 2 is 2.10 bits per heavy atom. The number of hydrogen-bond donors (Lipinski definition) is 3. The summed E-state index contributed by atoms with van der Waals surface area (Å²) >= 11 is 0. The molecule has 0 aliphatic rings. The summed E-state index contributed by atoms with van der Waals surface area (Å²) in [5.41, 5.74) is 0.464. The molecular formula is C13H15NO6. The molecule has 108 valence electrons. The topological polar surface area (TPSA) is 113 Å². The highest BCUT2D eigenvalue weighted by molar-refractivity contribution is 5.93. The summed E-state index contributed by atoms with van der Waals surface area (Å²) in [5, 5.41) is 21.0. The maximum atomic E-state index is 11.1. The van der Waals surface area contributed by atoms with Crippen molar-refractivity contribution in [2.24, 2.45) is 0 Å². The van der Waals surface area contributed by atoms with Crippen LogP contribution in [-0.2, 0) is 20.8 Å². The number of hydrogen-bond acceptors (Lipinski definition) is 5. The van der Waals surface area contributed by atoms with E-state index in [1.807, 2.05) is 0 Å². The normalized spacial score (nSPS) is 9.85. The molecule has 0 saturated carbocycles. The Bertz CT molecular complexity index is 526. The van der Waals surface area contributed by atoms with Gasteiger partial charge in [-0.15, -0.1) is 0 Å². The first-order chi connectivity index (χ1) is 9.45. The van der Waals surface area contributed by atoms with E-state index in [0.717, 1.165) is 0 Å². The van der Waals surface area contributed by atoms with Crippen molar-refractivity contribution in [3.63, 3.8) is 0 Å². The van der Waals surface area contributed by atoms with Gasteiger partial charge in [0.1, 0.15) is 11.4 Å². The van der Waals surface area contributed by atoms with Gasteiger partial charge in [-0.1, -0.05) is 6.07 Å². The number of carboxylic acid groups (broad SMARTS) is 1. The number of aryl methyl sites for hydroxylation is 1. The maximum Gasteiger partial charge on any atom is 0.303 e. The Hall–Kier alpha value is -2.57. The first kappa shape index (κ1) is 15.5. The number of phenols is 1. The van der Waals surface area contributed by atoms with E-state index in [4.69, 9.17) is 5.11 Å². The predicted molar refractivity (Wildman–Crippen MR) is 69.7 cm³/mol. The molecule has 0 aliphatic carbocycles. The summed E-state index contributed by atoms with van der Waals surface area (Å²) < 4.78 is 4.67. The highest BCUT2D eigenvalue weighted by Crippen LogP contribution is 2.37. The summed E-state index contributed by atoms with van der Waals surface area (Å²) in [4.78, 5) is 31.9. The van der Waals surface area contributed by atoms with Crippen molar-refractivity contribution >= 4 is 24.0 Å². The average molecular weight is 281 g/mol. The zero-order valence-corrected chi connectivity index (χ0v) is 10.9. The molecular weight excluding hydrogens is 266 g/mol. The zero-order valence-electron chi connectivity index (χ0n) is 10.9. The van der Waals surface area contributed by atoms with E-state index in [2.05, 4.69) is 10.1 Å². The molecule has 0 fully saturated rings. The largest absolute Gasteiger partial charge is 0.505 e. The number of carbonyl (C=O) groups excluding carboxylic acids is 2. The minimum Gasteiger partial charge on any atom is -0.505 e. The van der Waals surface area contributed by atoms with E-state index in [9.17, 15) is 19.5 Å². The van der Waals surface area contributed by atoms with Crippen LogP contribution in [0.3, 0.4) is 0 Å². The highest BCUT2D eigenvalue weighted by atomic mass is 16.5. The van der Waals surface area contributed by atoms with E-state index in [1.165, 1.54) is 19.1 Å². The monoisotopic (exact) mass is 281 g/mol. The van der Waals surface area contributed by atoms with Gasteiger partial charge in [0.15, 0.2) is 5.75 Å². The molecule has 0 aromatic heterocycles. The van der Waals surface area contributed by atoms with Crippen molar-refractivity contribution in [2.75, 3.05) is 5.32 Å². The van der Waals surface area contributed by atoms with Crippen LogP contribution in [0.15, 0.2) is 12.1 Å². The number of aliphatic carboxylic acids is 1. The third-order valence-corrected chi connectivity index (χ3v) is 2.54. The number of nitrogens with one attached hydrogen (secondary N) is 1. The van der Waals surface area contributed by atoms with Crippen LogP contribution in [-0.4, -0.2) is 28.6 Å². The number of anilines is 1. The summed E-state index contributed by atoms with van der Waals surface area (Å²) in [6, 6.07) is 2.94. The molecule has 0 radical (unpaired) electrons. The lowest BCUT2D eigenvalue weighted by molar-refractivity contribution is -0.137. The lowest BCUT2D eigenvalue weighted by Crippen LogP contribution is -2.09. The molecule has 20 heavy (non-hydrogen) atoms. The molecule has 7 nitrogen and oxygen atoms in total. The van der Waals surface area contributed by atoms with Crippen molar-refractivity contribution in [2.45, 2.75) is 26.2 Å². The Morgan fingerprint density at radius 1 is 1.40 bits per heavy atom. The van der Waals surface area contributed by atoms with Crippen LogP contribution in [0.1, 0.15) is 25.3 Å². The molecule has 0 unspecified atom stereocenters. The second-order valence-electron chi connectivity index (χ2n) is 4.09. The van der Waals surface area contributed by atoms with Crippen LogP contribution in [0, 0.1) is 0 Å². The van der Waals surface area contributed by atoms with Gasteiger partial charge in [0.2, 0.25) is 5.91 Å². The minimum absolute atomic E-state index is 0.00238. The van der Waals surface area contributed by atoms with Crippen LogP contribution in [0.4, 0.5) is 5.69 Å². The van der Waals surface area contributed by atoms with Gasteiger partial charge < -0.3 is 20.3 Å². The van der Waals surface area contributed by atoms with E-state index >= 15 is 0 Å². The summed E-state index contributed by atoms with van der Waals surface area (Å²) in [6.07, 6.45) is 0.643. The Balaban J connectivity index is 2.99. The molecule has 1 amide bonds. The molecule has 0 saturated heterocycles. The highest BCUT2D eigenvalue weighted by Gasteiger charge is 2.15. The fourth-order valence-corrected chi connectivity index (χ4v) is 1.69. The Morgan fingerprint density at radius 3 is 2.65 bits per heavy atom. The Labute approximate surface area is 115 Å². The summed E-state index contributed by atoms with van der Waals surface area (Å²) in [5.74, 6) is -1.56. The predicted octanol–water partition coefficient (Wildman–Crippen LogP) is 1.29. The SMILES string of the molecule is CC(=O)Nc1c(OC=O)ccc(CCCC(=O)O)c1O. The van der Waals surface area contributed by atoms with Crippen molar-refractivity contribution < 1.29 is 29.3 Å². The van der Waals surface area contributed by atoms with Gasteiger partial charge in [-0.25, -0.2) is 0 Å². The summed E-state index contributed by atoms with van der Waals surface area (Å²) in [7, 11) is 0. The van der Waals surface area contributed by atoms with Crippen LogP contribution in [0.2, 0.25) is 0 Å².